The van der Waals surface area contributed by atoms with Gasteiger partial charge in [-0.3, -0.25) is 0 Å². The number of aliphatic hydroxyl groups is 1. The SMILES string of the molecule is CC(O)CCCNS(=O)(=O)c1c(N)cc(Cl)cc1Cl. The molecule has 4 N–H and O–H groups in total. The number of anilines is 1. The third kappa shape index (κ3) is 4.81. The van der Waals surface area contributed by atoms with E-state index >= 15 is 0 Å². The number of aliphatic hydroxyl groups excluding tert-OH is 1. The molecule has 1 aromatic carbocycles. The van der Waals surface area contributed by atoms with Crippen LogP contribution in [0.1, 0.15) is 19.8 Å². The summed E-state index contributed by atoms with van der Waals surface area (Å²) in [7, 11) is -3.78. The van der Waals surface area contributed by atoms with Gasteiger partial charge in [0.25, 0.3) is 0 Å². The molecule has 0 aromatic heterocycles. The van der Waals surface area contributed by atoms with Crippen molar-refractivity contribution < 1.29 is 13.5 Å². The molecule has 1 aromatic rings. The minimum Gasteiger partial charge on any atom is -0.398 e. The minimum atomic E-state index is -3.78. The Bertz CT molecular complexity index is 524. The van der Waals surface area contributed by atoms with Crippen LogP contribution in [0.25, 0.3) is 0 Å². The maximum Gasteiger partial charge on any atom is 0.244 e. The van der Waals surface area contributed by atoms with Crippen LogP contribution in [0, 0.1) is 0 Å². The predicted molar refractivity (Wildman–Crippen MR) is 77.0 cm³/mol. The summed E-state index contributed by atoms with van der Waals surface area (Å²) < 4.78 is 26.5. The Labute approximate surface area is 122 Å². The number of hydrogen-bond acceptors (Lipinski definition) is 4. The quantitative estimate of drug-likeness (QED) is 0.550. The zero-order chi connectivity index (χ0) is 14.6. The van der Waals surface area contributed by atoms with Crippen molar-refractivity contribution in [2.24, 2.45) is 0 Å². The Morgan fingerprint density at radius 2 is 2.05 bits per heavy atom. The molecule has 0 heterocycles. The Morgan fingerprint density at radius 1 is 1.42 bits per heavy atom. The van der Waals surface area contributed by atoms with Gasteiger partial charge in [0.05, 0.1) is 16.8 Å². The van der Waals surface area contributed by atoms with E-state index in [0.29, 0.717) is 12.8 Å². The average molecular weight is 327 g/mol. The van der Waals surface area contributed by atoms with Gasteiger partial charge in [0.2, 0.25) is 10.0 Å². The third-order valence-corrected chi connectivity index (χ3v) is 4.60. The summed E-state index contributed by atoms with van der Waals surface area (Å²) >= 11 is 11.6. The van der Waals surface area contributed by atoms with Gasteiger partial charge in [-0.15, -0.1) is 0 Å². The van der Waals surface area contributed by atoms with E-state index in [2.05, 4.69) is 4.72 Å². The molecule has 0 bridgehead atoms. The van der Waals surface area contributed by atoms with Crippen molar-refractivity contribution in [3.05, 3.63) is 22.2 Å². The third-order valence-electron chi connectivity index (χ3n) is 2.40. The van der Waals surface area contributed by atoms with E-state index in [1.54, 1.807) is 6.92 Å². The molecule has 1 atom stereocenters. The van der Waals surface area contributed by atoms with E-state index in [4.69, 9.17) is 34.0 Å². The summed E-state index contributed by atoms with van der Waals surface area (Å²) in [6.07, 6.45) is 0.558. The summed E-state index contributed by atoms with van der Waals surface area (Å²) in [5.74, 6) is 0. The molecular weight excluding hydrogens is 311 g/mol. The van der Waals surface area contributed by atoms with Crippen LogP contribution in [0.5, 0.6) is 0 Å². The summed E-state index contributed by atoms with van der Waals surface area (Å²) in [5, 5.41) is 9.34. The maximum absolute atomic E-state index is 12.0. The maximum atomic E-state index is 12.0. The van der Waals surface area contributed by atoms with Gasteiger partial charge in [-0.1, -0.05) is 23.2 Å². The molecule has 0 radical (unpaired) electrons. The van der Waals surface area contributed by atoms with Crippen LogP contribution in [-0.2, 0) is 10.0 Å². The fourth-order valence-corrected chi connectivity index (χ4v) is 3.60. The summed E-state index contributed by atoms with van der Waals surface area (Å²) in [4.78, 5) is -0.171. The summed E-state index contributed by atoms with van der Waals surface area (Å²) in [6.45, 7) is 1.84. The minimum absolute atomic E-state index is 0.000487. The second kappa shape index (κ2) is 6.76. The molecule has 5 nitrogen and oxygen atoms in total. The number of benzene rings is 1. The fraction of sp³-hybridized carbons (Fsp3) is 0.455. The highest BCUT2D eigenvalue weighted by atomic mass is 35.5. The largest absolute Gasteiger partial charge is 0.398 e. The van der Waals surface area contributed by atoms with E-state index in [1.165, 1.54) is 12.1 Å². The number of sulfonamides is 1. The molecule has 0 saturated carbocycles. The molecule has 8 heteroatoms. The van der Waals surface area contributed by atoms with Crippen LogP contribution in [0.15, 0.2) is 17.0 Å². The Balaban J connectivity index is 2.84. The molecule has 0 saturated heterocycles. The van der Waals surface area contributed by atoms with Crippen molar-refractivity contribution in [1.82, 2.24) is 4.72 Å². The fourth-order valence-electron chi connectivity index (χ4n) is 1.54. The lowest BCUT2D eigenvalue weighted by molar-refractivity contribution is 0.182. The van der Waals surface area contributed by atoms with Gasteiger partial charge in [-0.2, -0.15) is 0 Å². The van der Waals surface area contributed by atoms with Gasteiger partial charge >= 0.3 is 0 Å². The van der Waals surface area contributed by atoms with Crippen LogP contribution >= 0.6 is 23.2 Å². The van der Waals surface area contributed by atoms with Crippen LogP contribution in [0.2, 0.25) is 10.0 Å². The number of rotatable bonds is 6. The zero-order valence-electron chi connectivity index (χ0n) is 10.4. The zero-order valence-corrected chi connectivity index (χ0v) is 12.7. The number of hydrogen-bond donors (Lipinski definition) is 3. The lowest BCUT2D eigenvalue weighted by atomic mass is 10.2. The average Bonchev–Trinajstić information content (AvgIpc) is 2.22. The van der Waals surface area contributed by atoms with E-state index < -0.39 is 16.1 Å². The Kier molecular flexibility index (Phi) is 5.88. The normalized spacial score (nSPS) is 13.5. The summed E-state index contributed by atoms with van der Waals surface area (Å²) in [5.41, 5.74) is 5.63. The molecule has 0 spiro atoms. The summed E-state index contributed by atoms with van der Waals surface area (Å²) in [6, 6.07) is 2.65. The molecule has 0 amide bonds. The highest BCUT2D eigenvalue weighted by molar-refractivity contribution is 7.89. The van der Waals surface area contributed by atoms with Gasteiger partial charge in [0.1, 0.15) is 4.90 Å². The smallest absolute Gasteiger partial charge is 0.244 e. The Morgan fingerprint density at radius 3 is 2.58 bits per heavy atom. The second-order valence-electron chi connectivity index (χ2n) is 4.19. The molecule has 1 unspecified atom stereocenters. The van der Waals surface area contributed by atoms with Gasteiger partial charge in [-0.25, -0.2) is 13.1 Å². The standard InChI is InChI=1S/C11H16Cl2N2O3S/c1-7(16)3-2-4-15-19(17,18)11-9(13)5-8(12)6-10(11)14/h5-7,15-16H,2-4,14H2,1H3. The van der Waals surface area contributed by atoms with Crippen molar-refractivity contribution in [3.8, 4) is 0 Å². The molecule has 0 aliphatic carbocycles. The first-order valence-corrected chi connectivity index (χ1v) is 7.90. The van der Waals surface area contributed by atoms with Gasteiger partial charge in [0.15, 0.2) is 0 Å². The van der Waals surface area contributed by atoms with Gasteiger partial charge in [0, 0.05) is 11.6 Å². The molecule has 19 heavy (non-hydrogen) atoms. The number of nitrogen functional groups attached to an aromatic ring is 1. The van der Waals surface area contributed by atoms with E-state index in [0.717, 1.165) is 0 Å². The molecule has 0 fully saturated rings. The molecule has 0 aliphatic heterocycles. The van der Waals surface area contributed by atoms with Crippen LogP contribution in [-0.4, -0.2) is 26.2 Å². The molecule has 0 aliphatic rings. The molecular formula is C11H16Cl2N2O3S. The van der Waals surface area contributed by atoms with Crippen LogP contribution < -0.4 is 10.5 Å². The van der Waals surface area contributed by atoms with E-state index in [9.17, 15) is 8.42 Å². The monoisotopic (exact) mass is 326 g/mol. The van der Waals surface area contributed by atoms with Crippen molar-refractivity contribution >= 4 is 38.9 Å². The van der Waals surface area contributed by atoms with Crippen LogP contribution in [0.4, 0.5) is 5.69 Å². The van der Waals surface area contributed by atoms with Crippen LogP contribution in [0.3, 0.4) is 0 Å². The van der Waals surface area contributed by atoms with Gasteiger partial charge in [-0.05, 0) is 31.9 Å². The van der Waals surface area contributed by atoms with Crippen molar-refractivity contribution in [2.75, 3.05) is 12.3 Å². The highest BCUT2D eigenvalue weighted by Crippen LogP contribution is 2.30. The second-order valence-corrected chi connectivity index (χ2v) is 6.74. The first kappa shape index (κ1) is 16.5. The highest BCUT2D eigenvalue weighted by Gasteiger charge is 2.21. The Hall–Kier alpha value is -0.530. The number of nitrogens with one attached hydrogen (secondary N) is 1. The van der Waals surface area contributed by atoms with Crippen molar-refractivity contribution in [2.45, 2.75) is 30.8 Å². The number of halogens is 2. The number of nitrogens with two attached hydrogens (primary N) is 1. The lowest BCUT2D eigenvalue weighted by Gasteiger charge is -2.11. The molecule has 108 valence electrons. The first-order chi connectivity index (χ1) is 8.74. The molecule has 1 rings (SSSR count). The first-order valence-electron chi connectivity index (χ1n) is 5.66. The predicted octanol–water partition coefficient (Wildman–Crippen LogP) is 2.01. The van der Waals surface area contributed by atoms with Crippen molar-refractivity contribution in [1.29, 1.82) is 0 Å². The van der Waals surface area contributed by atoms with E-state index in [-0.39, 0.29) is 27.2 Å². The topological polar surface area (TPSA) is 92.4 Å². The van der Waals surface area contributed by atoms with Gasteiger partial charge < -0.3 is 10.8 Å². The van der Waals surface area contributed by atoms with Crippen molar-refractivity contribution in [3.63, 3.8) is 0 Å². The lowest BCUT2D eigenvalue weighted by Crippen LogP contribution is -2.26. The van der Waals surface area contributed by atoms with E-state index in [1.807, 2.05) is 0 Å².